The lowest BCUT2D eigenvalue weighted by atomic mass is 10.3. The Morgan fingerprint density at radius 3 is 1.16 bits per heavy atom. The first-order chi connectivity index (χ1) is 15.0. The molecule has 0 saturated heterocycles. The molecule has 0 radical (unpaired) electrons. The zero-order valence-corrected chi connectivity index (χ0v) is 18.3. The van der Waals surface area contributed by atoms with Crippen LogP contribution >= 0.6 is 15.6 Å². The molecular formula is C24H20O5P2. The van der Waals surface area contributed by atoms with Gasteiger partial charge in [-0.15, -0.1) is 0 Å². The Labute approximate surface area is 182 Å². The van der Waals surface area contributed by atoms with Crippen LogP contribution < -0.4 is 24.5 Å². The minimum atomic E-state index is -4.39. The first kappa shape index (κ1) is 22.5. The van der Waals surface area contributed by atoms with Crippen LogP contribution in [0.3, 0.4) is 0 Å². The maximum atomic E-state index is 12.0. The molecule has 0 fully saturated rings. The molecule has 4 rings (SSSR count). The summed E-state index contributed by atoms with van der Waals surface area (Å²) in [7, 11) is -5.81. The van der Waals surface area contributed by atoms with Crippen molar-refractivity contribution in [2.75, 3.05) is 0 Å². The summed E-state index contributed by atoms with van der Waals surface area (Å²) in [6, 6.07) is 35.5. The maximum absolute atomic E-state index is 12.0. The van der Waals surface area contributed by atoms with Crippen LogP contribution in [-0.4, -0.2) is 0 Å². The van der Waals surface area contributed by atoms with Gasteiger partial charge in [-0.05, 0) is 48.5 Å². The van der Waals surface area contributed by atoms with Gasteiger partial charge < -0.3 is 13.9 Å². The molecule has 0 amide bonds. The molecule has 4 aromatic carbocycles. The van der Waals surface area contributed by atoms with Gasteiger partial charge in [-0.3, -0.25) is 0 Å². The molecule has 0 heterocycles. The summed E-state index contributed by atoms with van der Waals surface area (Å²) in [5.74, 6) is 0.448. The third-order valence-electron chi connectivity index (χ3n) is 3.90. The highest BCUT2D eigenvalue weighted by Crippen LogP contribution is 2.40. The minimum absolute atomic E-state index is 0.224. The first-order valence-corrected chi connectivity index (χ1v) is 12.1. The van der Waals surface area contributed by atoms with Gasteiger partial charge >= 0.3 is 15.6 Å². The highest BCUT2D eigenvalue weighted by Gasteiger charge is 2.21. The van der Waals surface area contributed by atoms with Crippen LogP contribution in [0.5, 0.6) is 11.5 Å². The van der Waals surface area contributed by atoms with Crippen LogP contribution in [0.1, 0.15) is 0 Å². The van der Waals surface area contributed by atoms with E-state index in [4.69, 9.17) is 9.05 Å². The van der Waals surface area contributed by atoms with E-state index in [0.717, 1.165) is 10.6 Å². The molecule has 156 valence electrons. The molecular weight excluding hydrogens is 430 g/mol. The summed E-state index contributed by atoms with van der Waals surface area (Å²) < 4.78 is 33.1. The zero-order valence-electron chi connectivity index (χ0n) is 16.5. The van der Waals surface area contributed by atoms with Crippen LogP contribution in [0.25, 0.3) is 0 Å². The number of phosphoric ester groups is 1. The van der Waals surface area contributed by atoms with E-state index in [0.29, 0.717) is 0 Å². The fraction of sp³-hybridized carbons (Fsp3) is 0. The number of phosphoric acid groups is 1. The molecule has 0 bridgehead atoms. The molecule has 0 saturated carbocycles. The van der Waals surface area contributed by atoms with Crippen molar-refractivity contribution in [2.24, 2.45) is 0 Å². The lowest BCUT2D eigenvalue weighted by molar-refractivity contribution is -0.208. The standard InChI is InChI=1S/C12H11O4P.C12H10OP/c13-17(14,15-11-7-3-1-4-8-11)16-12-9-5-2-6-10-12;13-14(11-7-3-1-4-8-11)12-9-5-2-6-10-12/h1-10H,(H,13,14);1-10H/q;+1/p-1. The van der Waals surface area contributed by atoms with Gasteiger partial charge in [0.2, 0.25) is 0 Å². The van der Waals surface area contributed by atoms with Gasteiger partial charge in [0, 0.05) is 0 Å². The molecule has 7 heteroatoms. The Hall–Kier alpha value is -3.23. The van der Waals surface area contributed by atoms with Gasteiger partial charge in [0.25, 0.3) is 0 Å². The molecule has 0 N–H and O–H groups in total. The van der Waals surface area contributed by atoms with Crippen molar-refractivity contribution in [1.82, 2.24) is 0 Å². The summed E-state index contributed by atoms with van der Waals surface area (Å²) in [6.07, 6.45) is 0. The predicted octanol–water partition coefficient (Wildman–Crippen LogP) is 5.08. The summed E-state index contributed by atoms with van der Waals surface area (Å²) in [4.78, 5) is 11.6. The van der Waals surface area contributed by atoms with Crippen molar-refractivity contribution >= 4 is 26.2 Å². The van der Waals surface area contributed by atoms with Crippen LogP contribution in [0, 0.1) is 0 Å². The van der Waals surface area contributed by atoms with Crippen LogP contribution in [0.2, 0.25) is 0 Å². The number of hydrogen-bond donors (Lipinski definition) is 0. The lowest BCUT2D eigenvalue weighted by Crippen LogP contribution is -2.12. The van der Waals surface area contributed by atoms with Crippen molar-refractivity contribution in [3.63, 3.8) is 0 Å². The Balaban J connectivity index is 0.000000179. The predicted molar refractivity (Wildman–Crippen MR) is 122 cm³/mol. The fourth-order valence-corrected chi connectivity index (χ4v) is 4.50. The third kappa shape index (κ3) is 7.51. The summed E-state index contributed by atoms with van der Waals surface area (Å²) in [5, 5.41) is 1.77. The second-order valence-corrected chi connectivity index (χ2v) is 9.10. The molecule has 0 aliphatic rings. The van der Waals surface area contributed by atoms with Crippen molar-refractivity contribution in [2.45, 2.75) is 0 Å². The molecule has 0 aliphatic carbocycles. The van der Waals surface area contributed by atoms with E-state index in [9.17, 15) is 14.0 Å². The molecule has 31 heavy (non-hydrogen) atoms. The summed E-state index contributed by atoms with van der Waals surface area (Å²) >= 11 is 0. The monoisotopic (exact) mass is 450 g/mol. The summed E-state index contributed by atoms with van der Waals surface area (Å²) in [5.41, 5.74) is 0. The molecule has 0 unspecified atom stereocenters. The van der Waals surface area contributed by atoms with Gasteiger partial charge in [-0.25, -0.2) is 4.57 Å². The van der Waals surface area contributed by atoms with E-state index in [-0.39, 0.29) is 11.5 Å². The van der Waals surface area contributed by atoms with E-state index < -0.39 is 15.6 Å². The number of rotatable bonds is 6. The molecule has 0 atom stereocenters. The van der Waals surface area contributed by atoms with Gasteiger partial charge in [-0.2, -0.15) is 0 Å². The second kappa shape index (κ2) is 11.2. The van der Waals surface area contributed by atoms with Gasteiger partial charge in [-0.1, -0.05) is 77.4 Å². The minimum Gasteiger partial charge on any atom is -0.736 e. The van der Waals surface area contributed by atoms with Gasteiger partial charge in [0.15, 0.2) is 10.6 Å². The van der Waals surface area contributed by atoms with E-state index in [2.05, 4.69) is 0 Å². The van der Waals surface area contributed by atoms with Crippen molar-refractivity contribution in [3.05, 3.63) is 121 Å². The smallest absolute Gasteiger partial charge is 0.415 e. The van der Waals surface area contributed by atoms with Crippen LogP contribution in [0.15, 0.2) is 121 Å². The molecule has 5 nitrogen and oxygen atoms in total. The summed E-state index contributed by atoms with van der Waals surface area (Å²) in [6.45, 7) is 0. The van der Waals surface area contributed by atoms with Crippen molar-refractivity contribution < 1.29 is 23.1 Å². The molecule has 4 aromatic rings. The normalized spacial score (nSPS) is 10.4. The Morgan fingerprint density at radius 1 is 0.548 bits per heavy atom. The molecule has 0 aromatic heterocycles. The Morgan fingerprint density at radius 2 is 0.839 bits per heavy atom. The van der Waals surface area contributed by atoms with Crippen molar-refractivity contribution in [1.29, 1.82) is 0 Å². The van der Waals surface area contributed by atoms with Gasteiger partial charge in [0.1, 0.15) is 11.5 Å². The number of hydrogen-bond acceptors (Lipinski definition) is 5. The SMILES string of the molecule is O=P([O-])(Oc1ccccc1)Oc1ccccc1.O=[P+](c1ccccc1)c1ccccc1. The highest BCUT2D eigenvalue weighted by atomic mass is 31.2. The quantitative estimate of drug-likeness (QED) is 0.383. The van der Waals surface area contributed by atoms with Crippen molar-refractivity contribution in [3.8, 4) is 11.5 Å². The maximum Gasteiger partial charge on any atom is 0.415 e. The highest BCUT2D eigenvalue weighted by molar-refractivity contribution is 7.61. The first-order valence-electron chi connectivity index (χ1n) is 9.41. The fourth-order valence-electron chi connectivity index (χ4n) is 2.52. The number of benzene rings is 4. The zero-order chi connectivity index (χ0) is 21.9. The second-order valence-electron chi connectivity index (χ2n) is 6.22. The molecule has 0 aliphatic heterocycles. The lowest BCUT2D eigenvalue weighted by Gasteiger charge is -2.23. The third-order valence-corrected chi connectivity index (χ3v) is 6.31. The van der Waals surface area contributed by atoms with E-state index >= 15 is 0 Å². The molecule has 0 spiro atoms. The van der Waals surface area contributed by atoms with E-state index in [1.807, 2.05) is 60.7 Å². The largest absolute Gasteiger partial charge is 0.736 e. The number of para-hydroxylation sites is 2. The Kier molecular flexibility index (Phi) is 8.14. The Bertz CT molecular complexity index is 1030. The van der Waals surface area contributed by atoms with E-state index in [1.165, 1.54) is 0 Å². The van der Waals surface area contributed by atoms with Crippen LogP contribution in [-0.2, 0) is 9.13 Å². The van der Waals surface area contributed by atoms with Gasteiger partial charge in [0.05, 0.1) is 0 Å². The average Bonchev–Trinajstić information content (AvgIpc) is 2.81. The van der Waals surface area contributed by atoms with Crippen LogP contribution in [0.4, 0.5) is 0 Å². The topological polar surface area (TPSA) is 75.7 Å². The van der Waals surface area contributed by atoms with E-state index in [1.54, 1.807) is 60.7 Å². The average molecular weight is 450 g/mol.